The predicted molar refractivity (Wildman–Crippen MR) is 79.9 cm³/mol. The minimum atomic E-state index is -0.133. The van der Waals surface area contributed by atoms with Crippen LogP contribution in [0.3, 0.4) is 0 Å². The van der Waals surface area contributed by atoms with Crippen molar-refractivity contribution in [2.75, 3.05) is 25.1 Å². The molecule has 1 aromatic carbocycles. The van der Waals surface area contributed by atoms with E-state index >= 15 is 0 Å². The van der Waals surface area contributed by atoms with E-state index in [2.05, 4.69) is 5.32 Å². The summed E-state index contributed by atoms with van der Waals surface area (Å²) in [6.45, 7) is 3.18. The Balaban J connectivity index is 2.00. The SMILES string of the molecule is CCN(C(=O)NC)c1ccc2c(c1)C1(CCO2)CC1C=O. The fraction of sp³-hybridized carbons (Fsp3) is 0.500. The van der Waals surface area contributed by atoms with Gasteiger partial charge in [0.15, 0.2) is 0 Å². The molecule has 1 aliphatic heterocycles. The Morgan fingerprint density at radius 2 is 2.38 bits per heavy atom. The highest BCUT2D eigenvalue weighted by atomic mass is 16.5. The van der Waals surface area contributed by atoms with E-state index in [4.69, 9.17) is 4.74 Å². The highest BCUT2D eigenvalue weighted by molar-refractivity contribution is 5.92. The van der Waals surface area contributed by atoms with Crippen LogP contribution in [-0.2, 0) is 10.2 Å². The molecule has 1 N–H and O–H groups in total. The first kappa shape index (κ1) is 13.9. The van der Waals surface area contributed by atoms with Crippen molar-refractivity contribution >= 4 is 18.0 Å². The Morgan fingerprint density at radius 3 is 3.00 bits per heavy atom. The predicted octanol–water partition coefficient (Wildman–Crippen LogP) is 2.09. The van der Waals surface area contributed by atoms with Crippen LogP contribution < -0.4 is 15.0 Å². The third-order valence-corrected chi connectivity index (χ3v) is 4.69. The maximum Gasteiger partial charge on any atom is 0.321 e. The molecule has 1 saturated carbocycles. The van der Waals surface area contributed by atoms with Crippen LogP contribution in [0.15, 0.2) is 18.2 Å². The normalized spacial score (nSPS) is 25.7. The number of ether oxygens (including phenoxy) is 1. The van der Waals surface area contributed by atoms with Gasteiger partial charge in [0.05, 0.1) is 6.61 Å². The maximum absolute atomic E-state index is 11.9. The van der Waals surface area contributed by atoms with Crippen molar-refractivity contribution in [1.29, 1.82) is 0 Å². The quantitative estimate of drug-likeness (QED) is 0.866. The summed E-state index contributed by atoms with van der Waals surface area (Å²) in [5.74, 6) is 0.938. The lowest BCUT2D eigenvalue weighted by Crippen LogP contribution is -2.38. The number of carbonyl (C=O) groups excluding carboxylic acids is 2. The molecule has 0 saturated heterocycles. The van der Waals surface area contributed by atoms with Gasteiger partial charge in [-0.25, -0.2) is 4.79 Å². The van der Waals surface area contributed by atoms with Gasteiger partial charge in [-0.1, -0.05) is 0 Å². The average Bonchev–Trinajstić information content (AvgIpc) is 3.22. The van der Waals surface area contributed by atoms with Crippen molar-refractivity contribution in [2.45, 2.75) is 25.2 Å². The Bertz CT molecular complexity index is 587. The number of fused-ring (bicyclic) bond motifs is 2. The summed E-state index contributed by atoms with van der Waals surface area (Å²) in [6.07, 6.45) is 2.82. The van der Waals surface area contributed by atoms with Crippen molar-refractivity contribution in [1.82, 2.24) is 5.32 Å². The molecule has 1 fully saturated rings. The van der Waals surface area contributed by atoms with Gasteiger partial charge in [-0.15, -0.1) is 0 Å². The summed E-state index contributed by atoms with van der Waals surface area (Å²) in [7, 11) is 1.62. The van der Waals surface area contributed by atoms with Crippen LogP contribution >= 0.6 is 0 Å². The van der Waals surface area contributed by atoms with Crippen LogP contribution in [0.25, 0.3) is 0 Å². The van der Waals surface area contributed by atoms with Crippen LogP contribution in [-0.4, -0.2) is 32.5 Å². The van der Waals surface area contributed by atoms with Gasteiger partial charge in [0, 0.05) is 36.2 Å². The highest BCUT2D eigenvalue weighted by Crippen LogP contribution is 2.60. The zero-order chi connectivity index (χ0) is 15.0. The fourth-order valence-corrected chi connectivity index (χ4v) is 3.37. The summed E-state index contributed by atoms with van der Waals surface area (Å²) >= 11 is 0. The van der Waals surface area contributed by atoms with E-state index in [0.717, 1.165) is 36.1 Å². The number of aldehydes is 1. The van der Waals surface area contributed by atoms with Gasteiger partial charge in [-0.2, -0.15) is 0 Å². The van der Waals surface area contributed by atoms with E-state index in [9.17, 15) is 9.59 Å². The molecule has 0 radical (unpaired) electrons. The number of hydrogen-bond donors (Lipinski definition) is 1. The third-order valence-electron chi connectivity index (χ3n) is 4.69. The van der Waals surface area contributed by atoms with Crippen molar-refractivity contribution < 1.29 is 14.3 Å². The lowest BCUT2D eigenvalue weighted by atomic mass is 9.87. The number of nitrogens with one attached hydrogen (secondary N) is 1. The summed E-state index contributed by atoms with van der Waals surface area (Å²) in [4.78, 5) is 24.8. The third kappa shape index (κ3) is 2.07. The van der Waals surface area contributed by atoms with Crippen molar-refractivity contribution in [2.24, 2.45) is 5.92 Å². The highest BCUT2D eigenvalue weighted by Gasteiger charge is 2.57. The second kappa shape index (κ2) is 5.06. The number of benzene rings is 1. The zero-order valence-corrected chi connectivity index (χ0v) is 12.4. The number of amides is 2. The molecule has 21 heavy (non-hydrogen) atoms. The molecular weight excluding hydrogens is 268 g/mol. The number of carbonyl (C=O) groups is 2. The number of rotatable bonds is 3. The Labute approximate surface area is 124 Å². The largest absolute Gasteiger partial charge is 0.493 e. The van der Waals surface area contributed by atoms with E-state index in [0.29, 0.717) is 13.2 Å². The maximum atomic E-state index is 11.9. The van der Waals surface area contributed by atoms with E-state index in [1.54, 1.807) is 11.9 Å². The van der Waals surface area contributed by atoms with Gasteiger partial charge >= 0.3 is 6.03 Å². The van der Waals surface area contributed by atoms with Gasteiger partial charge in [-0.3, -0.25) is 4.90 Å². The minimum absolute atomic E-state index is 0.0621. The summed E-state index contributed by atoms with van der Waals surface area (Å²) < 4.78 is 5.71. The van der Waals surface area contributed by atoms with Crippen LogP contribution in [0.4, 0.5) is 10.5 Å². The molecular formula is C16H20N2O3. The molecule has 1 heterocycles. The lowest BCUT2D eigenvalue weighted by Gasteiger charge is -2.29. The van der Waals surface area contributed by atoms with E-state index in [-0.39, 0.29) is 17.4 Å². The molecule has 0 aromatic heterocycles. The van der Waals surface area contributed by atoms with Crippen LogP contribution in [0.2, 0.25) is 0 Å². The molecule has 1 aliphatic carbocycles. The fourth-order valence-electron chi connectivity index (χ4n) is 3.37. The standard InChI is InChI=1S/C16H20N2O3/c1-3-18(15(20)17-2)12-4-5-14-13(8-12)16(6-7-21-14)9-11(16)10-19/h4-5,8,10-11H,3,6-7,9H2,1-2H3,(H,17,20). The van der Waals surface area contributed by atoms with Gasteiger partial charge < -0.3 is 14.8 Å². The molecule has 2 amide bonds. The second-order valence-electron chi connectivity index (χ2n) is 5.68. The monoisotopic (exact) mass is 288 g/mol. The smallest absolute Gasteiger partial charge is 0.321 e. The van der Waals surface area contributed by atoms with Gasteiger partial charge in [0.25, 0.3) is 0 Å². The molecule has 1 spiro atoms. The van der Waals surface area contributed by atoms with E-state index < -0.39 is 0 Å². The Hall–Kier alpha value is -2.04. The molecule has 2 aliphatic rings. The first-order chi connectivity index (χ1) is 10.2. The van der Waals surface area contributed by atoms with Crippen molar-refractivity contribution in [3.63, 3.8) is 0 Å². The average molecular weight is 288 g/mol. The van der Waals surface area contributed by atoms with Crippen LogP contribution in [0, 0.1) is 5.92 Å². The molecule has 112 valence electrons. The van der Waals surface area contributed by atoms with Crippen molar-refractivity contribution in [3.8, 4) is 5.75 Å². The summed E-state index contributed by atoms with van der Waals surface area (Å²) in [5, 5.41) is 2.65. The molecule has 5 heteroatoms. The number of anilines is 1. The summed E-state index contributed by atoms with van der Waals surface area (Å²) in [5.41, 5.74) is 1.86. The van der Waals surface area contributed by atoms with Gasteiger partial charge in [-0.05, 0) is 38.0 Å². The number of hydrogen-bond acceptors (Lipinski definition) is 3. The van der Waals surface area contributed by atoms with E-state index in [1.807, 2.05) is 25.1 Å². The topological polar surface area (TPSA) is 58.6 Å². The molecule has 1 aromatic rings. The van der Waals surface area contributed by atoms with Crippen LogP contribution in [0.1, 0.15) is 25.3 Å². The lowest BCUT2D eigenvalue weighted by molar-refractivity contribution is -0.109. The molecule has 0 bridgehead atoms. The van der Waals surface area contributed by atoms with Gasteiger partial charge in [0.1, 0.15) is 12.0 Å². The van der Waals surface area contributed by atoms with Gasteiger partial charge in [0.2, 0.25) is 0 Å². The van der Waals surface area contributed by atoms with E-state index in [1.165, 1.54) is 0 Å². The number of nitrogens with zero attached hydrogens (tertiary/aromatic N) is 1. The van der Waals surface area contributed by atoms with Crippen LogP contribution in [0.5, 0.6) is 5.75 Å². The molecule has 2 atom stereocenters. The Morgan fingerprint density at radius 1 is 1.57 bits per heavy atom. The summed E-state index contributed by atoms with van der Waals surface area (Å²) in [6, 6.07) is 5.69. The molecule has 3 rings (SSSR count). The Kier molecular flexibility index (Phi) is 3.35. The number of urea groups is 1. The van der Waals surface area contributed by atoms with Crippen molar-refractivity contribution in [3.05, 3.63) is 23.8 Å². The zero-order valence-electron chi connectivity index (χ0n) is 12.4. The molecule has 5 nitrogen and oxygen atoms in total. The second-order valence-corrected chi connectivity index (χ2v) is 5.68. The first-order valence-electron chi connectivity index (χ1n) is 7.38. The molecule has 2 unspecified atom stereocenters. The first-order valence-corrected chi connectivity index (χ1v) is 7.38. The minimum Gasteiger partial charge on any atom is -0.493 e.